The molecular formula is C21H43NO3. The van der Waals surface area contributed by atoms with Crippen LogP contribution in [0.25, 0.3) is 0 Å². The SMILES string of the molecule is CCCCCCCCCCCCCCOCCCOC(=O)NCCC. The fourth-order valence-electron chi connectivity index (χ4n) is 2.75. The normalized spacial score (nSPS) is 10.8. The summed E-state index contributed by atoms with van der Waals surface area (Å²) in [6.45, 7) is 6.92. The van der Waals surface area contributed by atoms with Crippen LogP contribution in [0, 0.1) is 0 Å². The van der Waals surface area contributed by atoms with Crippen molar-refractivity contribution in [1.82, 2.24) is 5.32 Å². The number of alkyl carbamates (subject to hydrolysis) is 1. The molecule has 0 aromatic rings. The first-order valence-corrected chi connectivity index (χ1v) is 10.8. The third-order valence-corrected chi connectivity index (χ3v) is 4.33. The van der Waals surface area contributed by atoms with E-state index >= 15 is 0 Å². The zero-order chi connectivity index (χ0) is 18.4. The largest absolute Gasteiger partial charge is 0.449 e. The fourth-order valence-corrected chi connectivity index (χ4v) is 2.75. The number of hydrogen-bond donors (Lipinski definition) is 1. The van der Waals surface area contributed by atoms with Crippen molar-refractivity contribution in [1.29, 1.82) is 0 Å². The summed E-state index contributed by atoms with van der Waals surface area (Å²) >= 11 is 0. The van der Waals surface area contributed by atoms with Crippen molar-refractivity contribution in [3.05, 3.63) is 0 Å². The minimum atomic E-state index is -0.317. The van der Waals surface area contributed by atoms with Crippen LogP contribution in [0.3, 0.4) is 0 Å². The first kappa shape index (κ1) is 24.2. The van der Waals surface area contributed by atoms with E-state index in [4.69, 9.17) is 9.47 Å². The molecule has 0 aromatic heterocycles. The molecule has 0 atom stereocenters. The lowest BCUT2D eigenvalue weighted by Gasteiger charge is -2.07. The molecule has 0 bridgehead atoms. The quantitative estimate of drug-likeness (QED) is 0.279. The second kappa shape index (κ2) is 21.3. The van der Waals surface area contributed by atoms with Crippen LogP contribution < -0.4 is 5.32 Å². The van der Waals surface area contributed by atoms with Gasteiger partial charge < -0.3 is 14.8 Å². The molecule has 0 saturated heterocycles. The van der Waals surface area contributed by atoms with Gasteiger partial charge in [0.15, 0.2) is 0 Å². The first-order chi connectivity index (χ1) is 12.3. The third-order valence-electron chi connectivity index (χ3n) is 4.33. The van der Waals surface area contributed by atoms with E-state index in [1.165, 1.54) is 70.6 Å². The average Bonchev–Trinajstić information content (AvgIpc) is 2.62. The highest BCUT2D eigenvalue weighted by Gasteiger charge is 1.99. The van der Waals surface area contributed by atoms with Gasteiger partial charge in [0.1, 0.15) is 0 Å². The predicted octanol–water partition coefficient (Wildman–Crippen LogP) is 6.23. The highest BCUT2D eigenvalue weighted by molar-refractivity contribution is 5.66. The van der Waals surface area contributed by atoms with E-state index in [1.807, 2.05) is 6.92 Å². The van der Waals surface area contributed by atoms with Crippen molar-refractivity contribution in [2.45, 2.75) is 104 Å². The van der Waals surface area contributed by atoms with Crippen molar-refractivity contribution in [3.63, 3.8) is 0 Å². The van der Waals surface area contributed by atoms with Gasteiger partial charge in [0, 0.05) is 26.2 Å². The molecule has 0 spiro atoms. The second-order valence-corrected chi connectivity index (χ2v) is 6.92. The maximum absolute atomic E-state index is 11.2. The van der Waals surface area contributed by atoms with Crippen LogP contribution >= 0.6 is 0 Å². The topological polar surface area (TPSA) is 47.6 Å². The zero-order valence-corrected chi connectivity index (χ0v) is 17.0. The van der Waals surface area contributed by atoms with Gasteiger partial charge in [-0.05, 0) is 12.8 Å². The second-order valence-electron chi connectivity index (χ2n) is 6.92. The summed E-state index contributed by atoms with van der Waals surface area (Å²) in [6.07, 6.45) is 17.8. The molecule has 4 nitrogen and oxygen atoms in total. The van der Waals surface area contributed by atoms with Crippen molar-refractivity contribution in [2.75, 3.05) is 26.4 Å². The number of carbonyl (C=O) groups is 1. The minimum absolute atomic E-state index is 0.317. The van der Waals surface area contributed by atoms with E-state index in [1.54, 1.807) is 0 Å². The lowest BCUT2D eigenvalue weighted by atomic mass is 10.1. The van der Waals surface area contributed by atoms with Gasteiger partial charge in [0.25, 0.3) is 0 Å². The Kier molecular flexibility index (Phi) is 20.6. The van der Waals surface area contributed by atoms with Crippen LogP contribution in [-0.2, 0) is 9.47 Å². The molecule has 25 heavy (non-hydrogen) atoms. The molecule has 0 saturated carbocycles. The van der Waals surface area contributed by atoms with Crippen molar-refractivity contribution < 1.29 is 14.3 Å². The third kappa shape index (κ3) is 21.2. The lowest BCUT2D eigenvalue weighted by molar-refractivity contribution is 0.0985. The summed E-state index contributed by atoms with van der Waals surface area (Å²) in [7, 11) is 0. The summed E-state index contributed by atoms with van der Waals surface area (Å²) in [5.74, 6) is 0. The van der Waals surface area contributed by atoms with Gasteiger partial charge >= 0.3 is 6.09 Å². The van der Waals surface area contributed by atoms with E-state index in [9.17, 15) is 4.79 Å². The molecule has 0 aliphatic heterocycles. The molecule has 0 heterocycles. The van der Waals surface area contributed by atoms with Gasteiger partial charge in [-0.25, -0.2) is 4.79 Å². The van der Waals surface area contributed by atoms with Crippen LogP contribution in [0.15, 0.2) is 0 Å². The van der Waals surface area contributed by atoms with E-state index < -0.39 is 0 Å². The highest BCUT2D eigenvalue weighted by Crippen LogP contribution is 2.11. The molecule has 1 N–H and O–H groups in total. The summed E-state index contributed by atoms with van der Waals surface area (Å²) in [5, 5.41) is 2.68. The molecule has 4 heteroatoms. The standard InChI is InChI=1S/C21H43NO3/c1-3-5-6-7-8-9-10-11-12-13-14-15-18-24-19-16-20-25-21(23)22-17-4-2/h3-20H2,1-2H3,(H,22,23). The molecule has 0 aliphatic rings. The van der Waals surface area contributed by atoms with E-state index in [-0.39, 0.29) is 6.09 Å². The molecule has 150 valence electrons. The molecule has 1 amide bonds. The van der Waals surface area contributed by atoms with Gasteiger partial charge in [-0.1, -0.05) is 84.5 Å². The number of ether oxygens (including phenoxy) is 2. The van der Waals surface area contributed by atoms with Crippen LogP contribution in [0.5, 0.6) is 0 Å². The maximum atomic E-state index is 11.2. The Morgan fingerprint density at radius 1 is 0.640 bits per heavy atom. The Labute approximate surface area is 156 Å². The Hall–Kier alpha value is -0.770. The molecule has 0 radical (unpaired) electrons. The maximum Gasteiger partial charge on any atom is 0.407 e. The number of carbonyl (C=O) groups excluding carboxylic acids is 1. The lowest BCUT2D eigenvalue weighted by Crippen LogP contribution is -2.25. The number of amides is 1. The van der Waals surface area contributed by atoms with Gasteiger partial charge in [-0.15, -0.1) is 0 Å². The Bertz CT molecular complexity index is 272. The summed E-state index contributed by atoms with van der Waals surface area (Å²) in [5.41, 5.74) is 0. The number of hydrogen-bond acceptors (Lipinski definition) is 3. The summed E-state index contributed by atoms with van der Waals surface area (Å²) < 4.78 is 10.6. The summed E-state index contributed by atoms with van der Waals surface area (Å²) in [6, 6.07) is 0. The van der Waals surface area contributed by atoms with Crippen molar-refractivity contribution >= 4 is 6.09 Å². The van der Waals surface area contributed by atoms with Gasteiger partial charge in [-0.2, -0.15) is 0 Å². The Morgan fingerprint density at radius 3 is 1.72 bits per heavy atom. The zero-order valence-electron chi connectivity index (χ0n) is 17.0. The van der Waals surface area contributed by atoms with E-state index in [0.29, 0.717) is 19.8 Å². The minimum Gasteiger partial charge on any atom is -0.449 e. The van der Waals surface area contributed by atoms with Crippen molar-refractivity contribution in [2.24, 2.45) is 0 Å². The van der Waals surface area contributed by atoms with E-state index in [2.05, 4.69) is 12.2 Å². The molecule has 0 aromatic carbocycles. The molecule has 0 rings (SSSR count). The monoisotopic (exact) mass is 357 g/mol. The number of nitrogens with one attached hydrogen (secondary N) is 1. The molecule has 0 fully saturated rings. The molecule has 0 unspecified atom stereocenters. The van der Waals surface area contributed by atoms with Gasteiger partial charge in [0.05, 0.1) is 6.61 Å². The van der Waals surface area contributed by atoms with Gasteiger partial charge in [0.2, 0.25) is 0 Å². The van der Waals surface area contributed by atoms with Crippen LogP contribution in [0.2, 0.25) is 0 Å². The van der Waals surface area contributed by atoms with Crippen LogP contribution in [-0.4, -0.2) is 32.5 Å². The predicted molar refractivity (Wildman–Crippen MR) is 106 cm³/mol. The number of unbranched alkanes of at least 4 members (excludes halogenated alkanes) is 11. The van der Waals surface area contributed by atoms with Crippen LogP contribution in [0.4, 0.5) is 4.79 Å². The average molecular weight is 358 g/mol. The smallest absolute Gasteiger partial charge is 0.407 e. The van der Waals surface area contributed by atoms with Crippen LogP contribution in [0.1, 0.15) is 104 Å². The molecule has 0 aliphatic carbocycles. The summed E-state index contributed by atoms with van der Waals surface area (Å²) in [4.78, 5) is 11.2. The molecular weight excluding hydrogens is 314 g/mol. The fraction of sp³-hybridized carbons (Fsp3) is 0.952. The number of rotatable bonds is 19. The first-order valence-electron chi connectivity index (χ1n) is 10.8. The Morgan fingerprint density at radius 2 is 1.16 bits per heavy atom. The van der Waals surface area contributed by atoms with Crippen molar-refractivity contribution in [3.8, 4) is 0 Å². The van der Waals surface area contributed by atoms with E-state index in [0.717, 1.165) is 25.9 Å². The van der Waals surface area contributed by atoms with Gasteiger partial charge in [-0.3, -0.25) is 0 Å². The highest BCUT2D eigenvalue weighted by atomic mass is 16.5. The Balaban J connectivity index is 3.04.